The Kier molecular flexibility index (Phi) is 14.9. The van der Waals surface area contributed by atoms with Crippen LogP contribution in [-0.4, -0.2) is 140 Å². The molecule has 2 aliphatic heterocycles. The first kappa shape index (κ1) is 33.3. The summed E-state index contributed by atoms with van der Waals surface area (Å²) in [5.41, 5.74) is 0. The van der Waals surface area contributed by atoms with Crippen molar-refractivity contribution >= 4 is 5.91 Å². The van der Waals surface area contributed by atoms with Crippen LogP contribution in [0.3, 0.4) is 0 Å². The Labute approximate surface area is 225 Å². The molecule has 12 heteroatoms. The zero-order chi connectivity index (χ0) is 28.2. The minimum atomic E-state index is -1.38. The summed E-state index contributed by atoms with van der Waals surface area (Å²) < 4.78 is 11.3. The van der Waals surface area contributed by atoms with Gasteiger partial charge in [0.2, 0.25) is 5.91 Å². The summed E-state index contributed by atoms with van der Waals surface area (Å²) in [4.78, 5) is 13.9. The highest BCUT2D eigenvalue weighted by atomic mass is 16.5. The minimum absolute atomic E-state index is 0.0523. The van der Waals surface area contributed by atoms with Gasteiger partial charge in [-0.15, -0.1) is 0 Å². The summed E-state index contributed by atoms with van der Waals surface area (Å²) >= 11 is 0. The van der Waals surface area contributed by atoms with E-state index in [9.17, 15) is 40.5 Å². The molecule has 0 bridgehead atoms. The average Bonchev–Trinajstić information content (AvgIpc) is 2.89. The molecule has 12 nitrogen and oxygen atoms in total. The van der Waals surface area contributed by atoms with E-state index in [4.69, 9.17) is 9.47 Å². The molecule has 0 aromatic carbocycles. The van der Waals surface area contributed by atoms with Crippen LogP contribution in [0.25, 0.3) is 0 Å². The van der Waals surface area contributed by atoms with E-state index in [1.807, 2.05) is 6.92 Å². The number of carbonyl (C=O) groups is 1. The zero-order valence-corrected chi connectivity index (χ0v) is 22.8. The lowest BCUT2D eigenvalue weighted by molar-refractivity contribution is -0.230. The maximum atomic E-state index is 11.7. The SMILES string of the molecule is CCNC(=O)CCCCCN(CCC[C@@H]1O[C@@H](C)[C@@H](O)[C@H](O)[C@@H]1O)CCC[C@H]1O[C@H](CO)[C@@H](O)[C@H](O)[C@@H]1O. The third-order valence-corrected chi connectivity index (χ3v) is 7.62. The first-order valence-corrected chi connectivity index (χ1v) is 14.1. The summed E-state index contributed by atoms with van der Waals surface area (Å²) in [5, 5.41) is 72.8. The number of aliphatic hydroxyl groups excluding tert-OH is 7. The van der Waals surface area contributed by atoms with Gasteiger partial charge < -0.3 is 55.4 Å². The number of unbranched alkanes of at least 4 members (excludes halogenated alkanes) is 2. The lowest BCUT2D eigenvalue weighted by Gasteiger charge is -2.40. The van der Waals surface area contributed by atoms with Crippen molar-refractivity contribution in [1.82, 2.24) is 10.2 Å². The summed E-state index contributed by atoms with van der Waals surface area (Å²) in [5.74, 6) is 0.0523. The van der Waals surface area contributed by atoms with Gasteiger partial charge in [0, 0.05) is 13.0 Å². The molecule has 2 fully saturated rings. The van der Waals surface area contributed by atoms with E-state index >= 15 is 0 Å². The van der Waals surface area contributed by atoms with Gasteiger partial charge in [0.05, 0.1) is 24.9 Å². The highest BCUT2D eigenvalue weighted by Crippen LogP contribution is 2.25. The van der Waals surface area contributed by atoms with Gasteiger partial charge in [-0.2, -0.15) is 0 Å². The molecule has 0 aromatic rings. The molecule has 2 aliphatic rings. The van der Waals surface area contributed by atoms with Crippen molar-refractivity contribution < 1.29 is 50.0 Å². The molecule has 8 N–H and O–H groups in total. The van der Waals surface area contributed by atoms with Crippen LogP contribution < -0.4 is 5.32 Å². The predicted molar refractivity (Wildman–Crippen MR) is 138 cm³/mol. The van der Waals surface area contributed by atoms with Crippen molar-refractivity contribution in [3.8, 4) is 0 Å². The van der Waals surface area contributed by atoms with Crippen LogP contribution >= 0.6 is 0 Å². The first-order valence-electron chi connectivity index (χ1n) is 14.1. The van der Waals surface area contributed by atoms with Gasteiger partial charge in [-0.1, -0.05) is 6.42 Å². The summed E-state index contributed by atoms with van der Waals surface area (Å²) in [7, 11) is 0. The van der Waals surface area contributed by atoms with Crippen molar-refractivity contribution in [3.63, 3.8) is 0 Å². The Morgan fingerprint density at radius 2 is 1.24 bits per heavy atom. The smallest absolute Gasteiger partial charge is 0.219 e. The molecule has 38 heavy (non-hydrogen) atoms. The van der Waals surface area contributed by atoms with Crippen molar-refractivity contribution in [3.05, 3.63) is 0 Å². The molecule has 1 amide bonds. The number of nitrogens with zero attached hydrogens (tertiary/aromatic N) is 1. The summed E-state index contributed by atoms with van der Waals surface area (Å²) in [6, 6.07) is 0. The molecular formula is C26H50N2O10. The number of carbonyl (C=O) groups excluding carboxylic acids is 1. The molecule has 0 aromatic heterocycles. The molecular weight excluding hydrogens is 500 g/mol. The predicted octanol–water partition coefficient (Wildman–Crippen LogP) is -1.74. The van der Waals surface area contributed by atoms with E-state index in [1.54, 1.807) is 6.92 Å². The standard InChI is InChI=1S/C26H50N2O10/c1-3-27-20(30)11-5-4-6-12-28(13-7-9-17-22(32)25(35)21(31)16(2)37-17)14-8-10-18-23(33)26(36)24(34)19(15-29)38-18/h16-19,21-26,29,31-36H,3-15H2,1-2H3,(H,27,30)/t16-,17-,18+,19+,21+,22+,23+,24+,25-,26+/m0/s1. The Morgan fingerprint density at radius 3 is 1.82 bits per heavy atom. The van der Waals surface area contributed by atoms with Crippen LogP contribution in [-0.2, 0) is 14.3 Å². The van der Waals surface area contributed by atoms with Gasteiger partial charge in [-0.3, -0.25) is 4.79 Å². The Bertz CT molecular complexity index is 672. The molecule has 10 atom stereocenters. The van der Waals surface area contributed by atoms with Crippen LogP contribution in [0.1, 0.15) is 65.2 Å². The summed E-state index contributed by atoms with van der Waals surface area (Å²) in [6.07, 6.45) is -4.94. The lowest BCUT2D eigenvalue weighted by atomic mass is 9.92. The second kappa shape index (κ2) is 17.0. The Balaban J connectivity index is 1.84. The van der Waals surface area contributed by atoms with Crippen LogP contribution in [0.15, 0.2) is 0 Å². The third kappa shape index (κ3) is 9.92. The van der Waals surface area contributed by atoms with Crippen molar-refractivity contribution in [2.24, 2.45) is 0 Å². The van der Waals surface area contributed by atoms with E-state index in [0.29, 0.717) is 51.7 Å². The van der Waals surface area contributed by atoms with Crippen molar-refractivity contribution in [2.75, 3.05) is 32.8 Å². The highest BCUT2D eigenvalue weighted by Gasteiger charge is 2.43. The molecule has 2 rings (SSSR count). The van der Waals surface area contributed by atoms with Crippen LogP contribution in [0.5, 0.6) is 0 Å². The average molecular weight is 551 g/mol. The fraction of sp³-hybridized carbons (Fsp3) is 0.962. The van der Waals surface area contributed by atoms with Crippen LogP contribution in [0, 0.1) is 0 Å². The Morgan fingerprint density at radius 1 is 0.711 bits per heavy atom. The number of hydrogen-bond donors (Lipinski definition) is 8. The van der Waals surface area contributed by atoms with Crippen molar-refractivity contribution in [1.29, 1.82) is 0 Å². The number of rotatable bonds is 16. The molecule has 0 spiro atoms. The second-order valence-electron chi connectivity index (χ2n) is 10.6. The number of aliphatic hydroxyl groups is 7. The number of ether oxygens (including phenoxy) is 2. The molecule has 0 radical (unpaired) electrons. The molecule has 0 aliphatic carbocycles. The normalized spacial score (nSPS) is 35.9. The number of nitrogens with one attached hydrogen (secondary N) is 1. The van der Waals surface area contributed by atoms with E-state index in [2.05, 4.69) is 10.2 Å². The zero-order valence-electron chi connectivity index (χ0n) is 22.8. The van der Waals surface area contributed by atoms with Crippen LogP contribution in [0.2, 0.25) is 0 Å². The molecule has 0 saturated carbocycles. The largest absolute Gasteiger partial charge is 0.394 e. The quantitative estimate of drug-likeness (QED) is 0.102. The van der Waals surface area contributed by atoms with E-state index < -0.39 is 67.6 Å². The van der Waals surface area contributed by atoms with Gasteiger partial charge in [0.25, 0.3) is 0 Å². The van der Waals surface area contributed by atoms with E-state index in [0.717, 1.165) is 25.8 Å². The second-order valence-corrected chi connectivity index (χ2v) is 10.6. The third-order valence-electron chi connectivity index (χ3n) is 7.62. The van der Waals surface area contributed by atoms with Crippen molar-refractivity contribution in [2.45, 2.75) is 126 Å². The van der Waals surface area contributed by atoms with E-state index in [1.165, 1.54) is 0 Å². The van der Waals surface area contributed by atoms with E-state index in [-0.39, 0.29) is 5.91 Å². The molecule has 0 unspecified atom stereocenters. The Hall–Kier alpha value is -0.930. The van der Waals surface area contributed by atoms with Crippen LogP contribution in [0.4, 0.5) is 0 Å². The summed E-state index contributed by atoms with van der Waals surface area (Å²) in [6.45, 7) is 5.88. The van der Waals surface area contributed by atoms with Gasteiger partial charge in [0.1, 0.15) is 42.7 Å². The number of amides is 1. The van der Waals surface area contributed by atoms with Gasteiger partial charge in [-0.25, -0.2) is 0 Å². The molecule has 224 valence electrons. The van der Waals surface area contributed by atoms with Gasteiger partial charge in [-0.05, 0) is 72.0 Å². The fourth-order valence-electron chi connectivity index (χ4n) is 5.24. The van der Waals surface area contributed by atoms with Gasteiger partial charge >= 0.3 is 0 Å². The number of hydrogen-bond acceptors (Lipinski definition) is 11. The maximum absolute atomic E-state index is 11.7. The first-order chi connectivity index (χ1) is 18.1. The maximum Gasteiger partial charge on any atom is 0.219 e. The monoisotopic (exact) mass is 550 g/mol. The molecule has 2 saturated heterocycles. The lowest BCUT2D eigenvalue weighted by Crippen LogP contribution is -2.58. The van der Waals surface area contributed by atoms with Gasteiger partial charge in [0.15, 0.2) is 0 Å². The highest BCUT2D eigenvalue weighted by molar-refractivity contribution is 5.75. The minimum Gasteiger partial charge on any atom is -0.394 e. The fourth-order valence-corrected chi connectivity index (χ4v) is 5.24. The topological polar surface area (TPSA) is 192 Å². The molecule has 2 heterocycles.